The van der Waals surface area contributed by atoms with E-state index in [0.717, 1.165) is 42.4 Å². The lowest BCUT2D eigenvalue weighted by Crippen LogP contribution is -2.34. The van der Waals surface area contributed by atoms with Crippen LogP contribution >= 0.6 is 11.8 Å². The molecular formula is C13H21N3OS. The molecule has 1 aromatic heterocycles. The van der Waals surface area contributed by atoms with E-state index in [-0.39, 0.29) is 0 Å². The quantitative estimate of drug-likeness (QED) is 0.852. The van der Waals surface area contributed by atoms with Crippen LogP contribution in [-0.4, -0.2) is 31.2 Å². The molecule has 2 aliphatic carbocycles. The highest BCUT2D eigenvalue weighted by molar-refractivity contribution is 7.99. The number of thioether (sulfide) groups is 1. The maximum Gasteiger partial charge on any atom is 0.191 e. The topological polar surface area (TPSA) is 50.9 Å². The van der Waals surface area contributed by atoms with E-state index in [1.54, 1.807) is 11.8 Å². The minimum atomic E-state index is -0.478. The van der Waals surface area contributed by atoms with Crippen LogP contribution in [-0.2, 0) is 7.05 Å². The molecule has 0 unspecified atom stereocenters. The zero-order chi connectivity index (χ0) is 12.6. The molecule has 0 saturated heterocycles. The molecule has 2 saturated carbocycles. The molecule has 18 heavy (non-hydrogen) atoms. The molecule has 0 radical (unpaired) electrons. The fourth-order valence-electron chi connectivity index (χ4n) is 2.70. The van der Waals surface area contributed by atoms with Gasteiger partial charge in [0.15, 0.2) is 5.16 Å². The van der Waals surface area contributed by atoms with Crippen molar-refractivity contribution in [1.29, 1.82) is 0 Å². The molecule has 0 spiro atoms. The van der Waals surface area contributed by atoms with Crippen molar-refractivity contribution in [2.45, 2.75) is 61.6 Å². The van der Waals surface area contributed by atoms with Crippen molar-refractivity contribution in [3.8, 4) is 0 Å². The summed E-state index contributed by atoms with van der Waals surface area (Å²) in [6.07, 6.45) is 7.96. The van der Waals surface area contributed by atoms with E-state index in [4.69, 9.17) is 0 Å². The zero-order valence-corrected chi connectivity index (χ0v) is 11.7. The van der Waals surface area contributed by atoms with Gasteiger partial charge in [0, 0.05) is 18.7 Å². The van der Waals surface area contributed by atoms with Gasteiger partial charge in [-0.1, -0.05) is 31.0 Å². The molecule has 0 bridgehead atoms. The van der Waals surface area contributed by atoms with Crippen molar-refractivity contribution in [2.75, 3.05) is 5.75 Å². The van der Waals surface area contributed by atoms with E-state index < -0.39 is 5.60 Å². The van der Waals surface area contributed by atoms with Crippen LogP contribution < -0.4 is 0 Å². The summed E-state index contributed by atoms with van der Waals surface area (Å²) in [6.45, 7) is 0. The number of rotatable bonds is 4. The molecule has 0 aromatic carbocycles. The Kier molecular flexibility index (Phi) is 3.36. The zero-order valence-electron chi connectivity index (χ0n) is 10.9. The highest BCUT2D eigenvalue weighted by atomic mass is 32.2. The Hall–Kier alpha value is -0.550. The van der Waals surface area contributed by atoms with Crippen molar-refractivity contribution in [1.82, 2.24) is 14.8 Å². The second-order valence-corrected chi connectivity index (χ2v) is 6.69. The van der Waals surface area contributed by atoms with E-state index in [9.17, 15) is 5.11 Å². The predicted octanol–water partition coefficient (Wildman–Crippen LogP) is 2.48. The van der Waals surface area contributed by atoms with E-state index in [0.29, 0.717) is 5.92 Å². The molecule has 0 atom stereocenters. The molecule has 0 aliphatic heterocycles. The smallest absolute Gasteiger partial charge is 0.191 e. The lowest BCUT2D eigenvalue weighted by atomic mass is 9.86. The van der Waals surface area contributed by atoms with Crippen LogP contribution in [0.1, 0.15) is 56.7 Å². The Morgan fingerprint density at radius 2 is 2.00 bits per heavy atom. The Morgan fingerprint density at radius 1 is 1.28 bits per heavy atom. The average molecular weight is 267 g/mol. The molecule has 0 amide bonds. The Bertz CT molecular complexity index is 422. The Labute approximate surface area is 112 Å². The van der Waals surface area contributed by atoms with Crippen LogP contribution in [0.2, 0.25) is 0 Å². The van der Waals surface area contributed by atoms with E-state index in [1.165, 1.54) is 19.3 Å². The van der Waals surface area contributed by atoms with Gasteiger partial charge in [-0.15, -0.1) is 10.2 Å². The van der Waals surface area contributed by atoms with Gasteiger partial charge in [-0.05, 0) is 25.7 Å². The molecule has 4 nitrogen and oxygen atoms in total. The molecule has 2 fully saturated rings. The fourth-order valence-corrected chi connectivity index (χ4v) is 3.77. The highest BCUT2D eigenvalue weighted by Gasteiger charge is 2.32. The lowest BCUT2D eigenvalue weighted by Gasteiger charge is -2.31. The predicted molar refractivity (Wildman–Crippen MR) is 71.7 cm³/mol. The monoisotopic (exact) mass is 267 g/mol. The summed E-state index contributed by atoms with van der Waals surface area (Å²) in [6, 6.07) is 0. The minimum Gasteiger partial charge on any atom is -0.389 e. The van der Waals surface area contributed by atoms with Crippen LogP contribution in [0.25, 0.3) is 0 Å². The number of aromatic nitrogens is 3. The lowest BCUT2D eigenvalue weighted by molar-refractivity contribution is 0.0272. The van der Waals surface area contributed by atoms with Crippen molar-refractivity contribution in [3.63, 3.8) is 0 Å². The molecular weight excluding hydrogens is 246 g/mol. The van der Waals surface area contributed by atoms with Gasteiger partial charge in [-0.2, -0.15) is 0 Å². The van der Waals surface area contributed by atoms with Crippen LogP contribution in [0.3, 0.4) is 0 Å². The Balaban J connectivity index is 1.62. The van der Waals surface area contributed by atoms with Crippen LogP contribution in [0.5, 0.6) is 0 Å². The molecule has 3 rings (SSSR count). The summed E-state index contributed by atoms with van der Waals surface area (Å²) in [5, 5.41) is 20.0. The van der Waals surface area contributed by atoms with Gasteiger partial charge in [-0.3, -0.25) is 0 Å². The minimum absolute atomic E-state index is 0.478. The van der Waals surface area contributed by atoms with Gasteiger partial charge in [0.1, 0.15) is 5.82 Å². The van der Waals surface area contributed by atoms with E-state index >= 15 is 0 Å². The summed E-state index contributed by atoms with van der Waals surface area (Å²) in [5.41, 5.74) is -0.478. The second kappa shape index (κ2) is 4.85. The van der Waals surface area contributed by atoms with Crippen molar-refractivity contribution in [2.24, 2.45) is 7.05 Å². The first kappa shape index (κ1) is 12.5. The SMILES string of the molecule is Cn1c(SCC2(O)CCCCC2)nnc1C1CC1. The number of aliphatic hydroxyl groups is 1. The standard InChI is InChI=1S/C13H21N3OS/c1-16-11(10-5-6-10)14-15-12(16)18-9-13(17)7-3-2-4-8-13/h10,17H,2-9H2,1H3. The van der Waals surface area contributed by atoms with Gasteiger partial charge in [0.25, 0.3) is 0 Å². The Morgan fingerprint density at radius 3 is 2.67 bits per heavy atom. The van der Waals surface area contributed by atoms with Gasteiger partial charge < -0.3 is 9.67 Å². The van der Waals surface area contributed by atoms with Crippen molar-refractivity contribution in [3.05, 3.63) is 5.82 Å². The summed E-state index contributed by atoms with van der Waals surface area (Å²) in [5.74, 6) is 2.51. The third kappa shape index (κ3) is 2.57. The molecule has 5 heteroatoms. The number of hydrogen-bond acceptors (Lipinski definition) is 4. The summed E-state index contributed by atoms with van der Waals surface area (Å²) >= 11 is 1.66. The molecule has 100 valence electrons. The average Bonchev–Trinajstić information content (AvgIpc) is 3.13. The molecule has 2 aliphatic rings. The first-order valence-electron chi connectivity index (χ1n) is 6.92. The van der Waals surface area contributed by atoms with Crippen LogP contribution in [0, 0.1) is 0 Å². The number of nitrogens with zero attached hydrogens (tertiary/aromatic N) is 3. The maximum absolute atomic E-state index is 10.5. The first-order valence-corrected chi connectivity index (χ1v) is 7.91. The maximum atomic E-state index is 10.5. The van der Waals surface area contributed by atoms with E-state index in [1.807, 2.05) is 7.05 Å². The summed E-state index contributed by atoms with van der Waals surface area (Å²) < 4.78 is 2.11. The van der Waals surface area contributed by atoms with Gasteiger partial charge in [-0.25, -0.2) is 0 Å². The van der Waals surface area contributed by atoms with Crippen LogP contribution in [0.15, 0.2) is 5.16 Å². The van der Waals surface area contributed by atoms with Gasteiger partial charge in [0.2, 0.25) is 0 Å². The molecule has 1 aromatic rings. The largest absolute Gasteiger partial charge is 0.389 e. The third-order valence-corrected chi connectivity index (χ3v) is 5.36. The summed E-state index contributed by atoms with van der Waals surface area (Å²) in [7, 11) is 2.04. The first-order chi connectivity index (χ1) is 8.68. The van der Waals surface area contributed by atoms with Gasteiger partial charge >= 0.3 is 0 Å². The number of hydrogen-bond donors (Lipinski definition) is 1. The van der Waals surface area contributed by atoms with Crippen LogP contribution in [0.4, 0.5) is 0 Å². The van der Waals surface area contributed by atoms with E-state index in [2.05, 4.69) is 14.8 Å². The highest BCUT2D eigenvalue weighted by Crippen LogP contribution is 2.40. The van der Waals surface area contributed by atoms with Crippen molar-refractivity contribution >= 4 is 11.8 Å². The van der Waals surface area contributed by atoms with Gasteiger partial charge in [0.05, 0.1) is 5.60 Å². The third-order valence-electron chi connectivity index (χ3n) is 4.07. The second-order valence-electron chi connectivity index (χ2n) is 5.75. The normalized spacial score (nSPS) is 23.2. The van der Waals surface area contributed by atoms with Crippen molar-refractivity contribution < 1.29 is 5.11 Å². The summed E-state index contributed by atoms with van der Waals surface area (Å²) in [4.78, 5) is 0. The fraction of sp³-hybridized carbons (Fsp3) is 0.846. The molecule has 1 heterocycles. The molecule has 1 N–H and O–H groups in total.